The normalized spacial score (nSPS) is 11.5. The summed E-state index contributed by atoms with van der Waals surface area (Å²) in [6, 6.07) is 19.2. The molecule has 11 nitrogen and oxygen atoms in total. The molecule has 43 heavy (non-hydrogen) atoms. The average Bonchev–Trinajstić information content (AvgIpc) is 3.63. The Kier molecular flexibility index (Phi) is 9.51. The molecular weight excluding hydrogens is 568 g/mol. The Bertz CT molecular complexity index is 1680. The van der Waals surface area contributed by atoms with Crippen LogP contribution < -0.4 is 16.0 Å². The van der Waals surface area contributed by atoms with Gasteiger partial charge in [-0.15, -0.1) is 17.7 Å². The molecule has 0 saturated carbocycles. The number of benzene rings is 2. The molecule has 0 spiro atoms. The smallest absolute Gasteiger partial charge is 0.434 e. The summed E-state index contributed by atoms with van der Waals surface area (Å²) < 4.78 is 6.11. The highest BCUT2D eigenvalue weighted by Crippen LogP contribution is 2.27. The molecule has 0 unspecified atom stereocenters. The van der Waals surface area contributed by atoms with Crippen LogP contribution in [0.25, 0.3) is 6.08 Å². The third-order valence-electron chi connectivity index (χ3n) is 6.53. The number of amides is 3. The van der Waals surface area contributed by atoms with Crippen molar-refractivity contribution in [1.29, 1.82) is 0 Å². The molecule has 4 rings (SSSR count). The van der Waals surface area contributed by atoms with Crippen molar-refractivity contribution in [3.8, 4) is 0 Å². The molecule has 222 valence electrons. The minimum absolute atomic E-state index is 0.0114. The molecule has 12 heteroatoms. The molecule has 0 aliphatic rings. The maximum Gasteiger partial charge on any atom is 0.434 e. The van der Waals surface area contributed by atoms with Gasteiger partial charge in [0, 0.05) is 11.8 Å². The molecule has 2 aromatic heterocycles. The molecule has 0 aliphatic heterocycles. The van der Waals surface area contributed by atoms with Gasteiger partial charge >= 0.3 is 6.09 Å². The van der Waals surface area contributed by atoms with Crippen LogP contribution in [0.2, 0.25) is 0 Å². The molecule has 4 N–H and O–H groups in total. The van der Waals surface area contributed by atoms with E-state index in [1.54, 1.807) is 50.4 Å². The predicted octanol–water partition coefficient (Wildman–Crippen LogP) is 5.35. The molecule has 0 aliphatic carbocycles. The van der Waals surface area contributed by atoms with Gasteiger partial charge in [-0.2, -0.15) is 4.68 Å². The van der Waals surface area contributed by atoms with Crippen molar-refractivity contribution in [1.82, 2.24) is 20.1 Å². The van der Waals surface area contributed by atoms with Gasteiger partial charge in [0.2, 0.25) is 0 Å². The third-order valence-corrected chi connectivity index (χ3v) is 6.87. The van der Waals surface area contributed by atoms with Crippen LogP contribution in [0.5, 0.6) is 0 Å². The highest BCUT2D eigenvalue weighted by Gasteiger charge is 2.26. The molecule has 4 aromatic rings. The van der Waals surface area contributed by atoms with Gasteiger partial charge in [0.15, 0.2) is 5.82 Å². The van der Waals surface area contributed by atoms with Crippen LogP contribution in [-0.2, 0) is 15.1 Å². The fourth-order valence-corrected chi connectivity index (χ4v) is 4.43. The minimum Gasteiger partial charge on any atom is -0.448 e. The molecule has 0 bridgehead atoms. The van der Waals surface area contributed by atoms with Crippen LogP contribution in [0.1, 0.15) is 58.4 Å². The number of nitrogens with zero attached hydrogens (tertiary/aromatic N) is 2. The molecule has 0 atom stereocenters. The lowest BCUT2D eigenvalue weighted by atomic mass is 9.94. The second kappa shape index (κ2) is 13.3. The number of thiol groups is 1. The van der Waals surface area contributed by atoms with Crippen molar-refractivity contribution in [2.75, 3.05) is 17.2 Å². The van der Waals surface area contributed by atoms with Crippen molar-refractivity contribution in [2.24, 2.45) is 0 Å². The first-order chi connectivity index (χ1) is 20.5. The van der Waals surface area contributed by atoms with Gasteiger partial charge in [-0.1, -0.05) is 42.5 Å². The number of hydrogen-bond donors (Lipinski definition) is 5. The van der Waals surface area contributed by atoms with Gasteiger partial charge < -0.3 is 25.7 Å². The van der Waals surface area contributed by atoms with Crippen LogP contribution in [0, 0.1) is 6.92 Å². The fourth-order valence-electron chi connectivity index (χ4n) is 4.25. The summed E-state index contributed by atoms with van der Waals surface area (Å²) in [7, 11) is 0. The summed E-state index contributed by atoms with van der Waals surface area (Å²) in [5, 5.41) is 12.6. The van der Waals surface area contributed by atoms with E-state index in [9.17, 15) is 19.2 Å². The Morgan fingerprint density at radius 3 is 2.35 bits per heavy atom. The number of carbonyl (C=O) groups excluding carboxylic acids is 4. The monoisotopic (exact) mass is 600 g/mol. The van der Waals surface area contributed by atoms with Crippen molar-refractivity contribution >= 4 is 54.0 Å². The number of nitrogens with one attached hydrogen (secondary N) is 4. The van der Waals surface area contributed by atoms with Gasteiger partial charge in [-0.25, -0.2) is 4.79 Å². The quantitative estimate of drug-likeness (QED) is 0.129. The summed E-state index contributed by atoms with van der Waals surface area (Å²) in [5.41, 5.74) is 1.49. The van der Waals surface area contributed by atoms with Gasteiger partial charge in [-0.3, -0.25) is 14.4 Å². The summed E-state index contributed by atoms with van der Waals surface area (Å²) >= 11 is 4.43. The summed E-state index contributed by atoms with van der Waals surface area (Å²) in [5.74, 6) is -1.53. The van der Waals surface area contributed by atoms with Gasteiger partial charge in [0.1, 0.15) is 5.69 Å². The predicted molar refractivity (Wildman–Crippen MR) is 167 cm³/mol. The second-order valence-electron chi connectivity index (χ2n) is 9.97. The topological polar surface area (TPSA) is 147 Å². The van der Waals surface area contributed by atoms with Crippen LogP contribution in [-0.4, -0.2) is 45.2 Å². The maximum atomic E-state index is 13.5. The number of ether oxygens (including phenoxy) is 1. The summed E-state index contributed by atoms with van der Waals surface area (Å²) in [6.45, 7) is 7.09. The molecule has 2 aromatic carbocycles. The standard InChI is InChI=1S/C31H32N6O5S/c1-5-42-30(41)37-19(2)22(18-25(43)29(40)35-31(3,4)20-12-7-6-8-13-20)26(36-37)34-27(38)21-14-9-10-15-23(21)33-28(39)24-16-11-17-32-24/h6-18,32,43H,5H2,1-4H3,(H,33,39)(H,35,40)(H,34,36,38)/b25-18-. The van der Waals surface area contributed by atoms with Crippen LogP contribution in [0.15, 0.2) is 77.8 Å². The largest absolute Gasteiger partial charge is 0.448 e. The SMILES string of the molecule is CCOC(=O)n1nc(NC(=O)c2ccccc2NC(=O)c2ccc[nH]2)c(/C=C(\S)C(=O)NC(C)(C)c2ccccc2)c1C. The zero-order valence-electron chi connectivity index (χ0n) is 24.1. The lowest BCUT2D eigenvalue weighted by molar-refractivity contribution is -0.118. The van der Waals surface area contributed by atoms with Crippen molar-refractivity contribution in [3.63, 3.8) is 0 Å². The lowest BCUT2D eigenvalue weighted by Crippen LogP contribution is -2.41. The Labute approximate surface area is 254 Å². The number of carbonyl (C=O) groups is 4. The van der Waals surface area contributed by atoms with Gasteiger partial charge in [-0.05, 0) is 63.6 Å². The van der Waals surface area contributed by atoms with Crippen LogP contribution >= 0.6 is 12.6 Å². The molecule has 2 heterocycles. The van der Waals surface area contributed by atoms with Gasteiger partial charge in [0.25, 0.3) is 17.7 Å². The Morgan fingerprint density at radius 1 is 0.977 bits per heavy atom. The lowest BCUT2D eigenvalue weighted by Gasteiger charge is -2.27. The Balaban J connectivity index is 1.65. The molecule has 3 amide bonds. The highest BCUT2D eigenvalue weighted by atomic mass is 32.1. The molecule has 0 saturated heterocycles. The highest BCUT2D eigenvalue weighted by molar-refractivity contribution is 7.85. The van der Waals surface area contributed by atoms with E-state index in [1.165, 1.54) is 12.1 Å². The zero-order valence-corrected chi connectivity index (χ0v) is 25.0. The van der Waals surface area contributed by atoms with Gasteiger partial charge in [0.05, 0.1) is 34.0 Å². The van der Waals surface area contributed by atoms with E-state index < -0.39 is 29.4 Å². The molecular formula is C31H32N6O5S. The van der Waals surface area contributed by atoms with Crippen molar-refractivity contribution in [2.45, 2.75) is 33.2 Å². The summed E-state index contributed by atoms with van der Waals surface area (Å²) in [4.78, 5) is 54.8. The number of para-hydroxylation sites is 1. The Hall–Kier alpha value is -5.10. The number of aromatic amines is 1. The number of hydrogen-bond acceptors (Lipinski definition) is 7. The zero-order chi connectivity index (χ0) is 31.1. The maximum absolute atomic E-state index is 13.5. The average molecular weight is 601 g/mol. The fraction of sp³-hybridized carbons (Fsp3) is 0.194. The summed E-state index contributed by atoms with van der Waals surface area (Å²) in [6.07, 6.45) is 2.28. The first kappa shape index (κ1) is 30.8. The van der Waals surface area contributed by atoms with Crippen LogP contribution in [0.3, 0.4) is 0 Å². The Morgan fingerprint density at radius 2 is 1.67 bits per heavy atom. The number of aromatic nitrogens is 3. The van der Waals surface area contributed by atoms with Crippen molar-refractivity contribution in [3.05, 3.63) is 106 Å². The van der Waals surface area contributed by atoms with E-state index in [1.807, 2.05) is 44.2 Å². The second-order valence-corrected chi connectivity index (χ2v) is 10.5. The van der Waals surface area contributed by atoms with Crippen molar-refractivity contribution < 1.29 is 23.9 Å². The van der Waals surface area contributed by atoms with Crippen LogP contribution in [0.4, 0.5) is 16.3 Å². The number of anilines is 2. The first-order valence-corrected chi connectivity index (χ1v) is 13.9. The number of rotatable bonds is 9. The number of H-pyrrole nitrogens is 1. The third kappa shape index (κ3) is 7.22. The molecule has 0 fully saturated rings. The first-order valence-electron chi connectivity index (χ1n) is 13.4. The van der Waals surface area contributed by atoms with E-state index in [0.29, 0.717) is 11.4 Å². The molecule has 0 radical (unpaired) electrons. The van der Waals surface area contributed by atoms with E-state index in [4.69, 9.17) is 4.74 Å². The van der Waals surface area contributed by atoms with E-state index >= 15 is 0 Å². The van der Waals surface area contributed by atoms with E-state index in [0.717, 1.165) is 10.2 Å². The van der Waals surface area contributed by atoms with E-state index in [2.05, 4.69) is 38.7 Å². The van der Waals surface area contributed by atoms with E-state index in [-0.39, 0.29) is 34.1 Å². The minimum atomic E-state index is -0.760.